The number of amides is 2. The Morgan fingerprint density at radius 3 is 2.59 bits per heavy atom. The Bertz CT molecular complexity index is 532. The minimum atomic E-state index is -0.580. The smallest absolute Gasteiger partial charge is 0.250 e. The zero-order chi connectivity index (χ0) is 15.2. The van der Waals surface area contributed by atoms with Gasteiger partial charge in [0.15, 0.2) is 0 Å². The van der Waals surface area contributed by atoms with E-state index in [0.717, 1.165) is 32.4 Å². The molecule has 1 heterocycles. The van der Waals surface area contributed by atoms with Crippen LogP contribution in [0, 0.1) is 5.92 Å². The van der Waals surface area contributed by atoms with E-state index < -0.39 is 5.91 Å². The molecule has 1 saturated heterocycles. The molecule has 1 aromatic carbocycles. The molecule has 2 amide bonds. The lowest BCUT2D eigenvalue weighted by atomic mass is 9.93. The number of hydrogen-bond acceptors (Lipinski definition) is 3. The Morgan fingerprint density at radius 2 is 2.00 bits per heavy atom. The fraction of sp³-hybridized carbons (Fsp3) is 0.467. The van der Waals surface area contributed by atoms with Gasteiger partial charge in [-0.2, -0.15) is 0 Å². The molecular weight excluding hydrogens is 325 g/mol. The number of nitrogens with one attached hydrogen (secondary N) is 2. The Balaban J connectivity index is 0.00000242. The summed E-state index contributed by atoms with van der Waals surface area (Å²) in [5, 5.41) is 6.36. The molecule has 4 N–H and O–H groups in total. The minimum Gasteiger partial charge on any atom is -0.366 e. The maximum Gasteiger partial charge on any atom is 0.250 e. The van der Waals surface area contributed by atoms with E-state index in [2.05, 4.69) is 10.6 Å². The molecule has 1 aliphatic heterocycles. The Morgan fingerprint density at radius 1 is 1.32 bits per heavy atom. The molecule has 0 atom stereocenters. The first-order valence-corrected chi connectivity index (χ1v) is 7.54. The van der Waals surface area contributed by atoms with Crippen LogP contribution in [-0.2, 0) is 4.79 Å². The quantitative estimate of drug-likeness (QED) is 0.766. The van der Waals surface area contributed by atoms with Crippen LogP contribution < -0.4 is 16.4 Å². The number of benzene rings is 1. The molecule has 0 saturated carbocycles. The summed E-state index contributed by atoms with van der Waals surface area (Å²) in [6.45, 7) is 2.08. The number of hydrogen-bond donors (Lipinski definition) is 3. The number of rotatable bonds is 5. The zero-order valence-electron chi connectivity index (χ0n) is 12.2. The summed E-state index contributed by atoms with van der Waals surface area (Å²) in [7, 11) is 0. The minimum absolute atomic E-state index is 0. The van der Waals surface area contributed by atoms with Crippen LogP contribution in [0.2, 0.25) is 5.02 Å². The molecule has 7 heteroatoms. The molecule has 122 valence electrons. The third kappa shape index (κ3) is 5.48. The standard InChI is InChI=1S/C15H20ClN3O2.ClH/c16-13-9-11(2-3-12(13)15(17)21)19-14(20)4-1-10-5-7-18-8-6-10;/h2-3,9-10,18H,1,4-8H2,(H2,17,21)(H,19,20);1H. The molecule has 0 radical (unpaired) electrons. The normalized spacial score (nSPS) is 15.0. The van der Waals surface area contributed by atoms with Crippen LogP contribution in [0.5, 0.6) is 0 Å². The molecule has 5 nitrogen and oxygen atoms in total. The van der Waals surface area contributed by atoms with Crippen molar-refractivity contribution in [2.75, 3.05) is 18.4 Å². The molecule has 0 bridgehead atoms. The largest absolute Gasteiger partial charge is 0.366 e. The maximum atomic E-state index is 11.9. The van der Waals surface area contributed by atoms with Crippen molar-refractivity contribution in [1.29, 1.82) is 0 Å². The summed E-state index contributed by atoms with van der Waals surface area (Å²) in [6, 6.07) is 4.70. The summed E-state index contributed by atoms with van der Waals surface area (Å²) >= 11 is 5.95. The van der Waals surface area contributed by atoms with Gasteiger partial charge in [0.05, 0.1) is 10.6 Å². The van der Waals surface area contributed by atoms with Gasteiger partial charge in [0.1, 0.15) is 0 Å². The summed E-state index contributed by atoms with van der Waals surface area (Å²) in [6.07, 6.45) is 3.67. The summed E-state index contributed by atoms with van der Waals surface area (Å²) in [5.74, 6) is 0.0121. The van der Waals surface area contributed by atoms with E-state index >= 15 is 0 Å². The molecule has 2 rings (SSSR count). The van der Waals surface area contributed by atoms with Crippen molar-refractivity contribution in [3.63, 3.8) is 0 Å². The zero-order valence-corrected chi connectivity index (χ0v) is 13.8. The fourth-order valence-electron chi connectivity index (χ4n) is 2.52. The molecule has 0 aliphatic carbocycles. The highest BCUT2D eigenvalue weighted by molar-refractivity contribution is 6.34. The van der Waals surface area contributed by atoms with E-state index in [1.165, 1.54) is 6.07 Å². The van der Waals surface area contributed by atoms with Crippen LogP contribution in [-0.4, -0.2) is 24.9 Å². The Labute approximate surface area is 141 Å². The van der Waals surface area contributed by atoms with E-state index in [9.17, 15) is 9.59 Å². The topological polar surface area (TPSA) is 84.2 Å². The van der Waals surface area contributed by atoms with E-state index in [-0.39, 0.29) is 28.9 Å². The fourth-order valence-corrected chi connectivity index (χ4v) is 2.80. The van der Waals surface area contributed by atoms with Gasteiger partial charge in [0, 0.05) is 12.1 Å². The van der Waals surface area contributed by atoms with Crippen LogP contribution >= 0.6 is 24.0 Å². The molecule has 1 aromatic rings. The lowest BCUT2D eigenvalue weighted by molar-refractivity contribution is -0.116. The van der Waals surface area contributed by atoms with Crippen molar-refractivity contribution in [2.24, 2.45) is 11.7 Å². The average molecular weight is 346 g/mol. The highest BCUT2D eigenvalue weighted by Gasteiger charge is 2.15. The molecule has 1 aliphatic rings. The number of nitrogens with two attached hydrogens (primary N) is 1. The Hall–Kier alpha value is -1.30. The van der Waals surface area contributed by atoms with E-state index in [0.29, 0.717) is 18.0 Å². The lowest BCUT2D eigenvalue weighted by Crippen LogP contribution is -2.28. The third-order valence-electron chi connectivity index (χ3n) is 3.76. The van der Waals surface area contributed by atoms with Gasteiger partial charge in [-0.25, -0.2) is 0 Å². The van der Waals surface area contributed by atoms with Crippen LogP contribution in [0.4, 0.5) is 5.69 Å². The highest BCUT2D eigenvalue weighted by Crippen LogP contribution is 2.22. The number of halogens is 2. The molecule has 0 aromatic heterocycles. The molecule has 22 heavy (non-hydrogen) atoms. The van der Waals surface area contributed by atoms with Crippen LogP contribution in [0.15, 0.2) is 18.2 Å². The van der Waals surface area contributed by atoms with Crippen LogP contribution in [0.1, 0.15) is 36.0 Å². The van der Waals surface area contributed by atoms with Crippen LogP contribution in [0.25, 0.3) is 0 Å². The van der Waals surface area contributed by atoms with Gasteiger partial charge in [-0.3, -0.25) is 9.59 Å². The van der Waals surface area contributed by atoms with Crippen molar-refractivity contribution in [1.82, 2.24) is 5.32 Å². The average Bonchev–Trinajstić information content (AvgIpc) is 2.46. The van der Waals surface area contributed by atoms with E-state index in [4.69, 9.17) is 17.3 Å². The van der Waals surface area contributed by atoms with Crippen molar-refractivity contribution in [3.05, 3.63) is 28.8 Å². The number of anilines is 1. The first-order valence-electron chi connectivity index (χ1n) is 7.16. The second kappa shape index (κ2) is 8.98. The lowest BCUT2D eigenvalue weighted by Gasteiger charge is -2.22. The third-order valence-corrected chi connectivity index (χ3v) is 4.07. The monoisotopic (exact) mass is 345 g/mol. The number of piperidine rings is 1. The molecule has 0 unspecified atom stereocenters. The summed E-state index contributed by atoms with van der Waals surface area (Å²) in [4.78, 5) is 23.0. The molecular formula is C15H21Cl2N3O2. The van der Waals surface area contributed by atoms with Gasteiger partial charge in [-0.1, -0.05) is 11.6 Å². The van der Waals surface area contributed by atoms with Crippen molar-refractivity contribution in [2.45, 2.75) is 25.7 Å². The van der Waals surface area contributed by atoms with Gasteiger partial charge < -0.3 is 16.4 Å². The second-order valence-electron chi connectivity index (χ2n) is 5.34. The number of carbonyl (C=O) groups is 2. The van der Waals surface area contributed by atoms with Crippen LogP contribution in [0.3, 0.4) is 0 Å². The highest BCUT2D eigenvalue weighted by atomic mass is 35.5. The number of primary amides is 1. The molecule has 1 fully saturated rings. The summed E-state index contributed by atoms with van der Waals surface area (Å²) in [5.41, 5.74) is 6.02. The predicted molar refractivity (Wildman–Crippen MR) is 90.7 cm³/mol. The predicted octanol–water partition coefficient (Wildman–Crippen LogP) is 2.58. The van der Waals surface area contributed by atoms with Gasteiger partial charge in [0.2, 0.25) is 11.8 Å². The van der Waals surface area contributed by atoms with Crippen molar-refractivity contribution < 1.29 is 9.59 Å². The first-order chi connectivity index (χ1) is 10.1. The first kappa shape index (κ1) is 18.7. The second-order valence-corrected chi connectivity index (χ2v) is 5.75. The maximum absolute atomic E-state index is 11.9. The van der Waals surface area contributed by atoms with E-state index in [1.807, 2.05) is 0 Å². The SMILES string of the molecule is Cl.NC(=O)c1ccc(NC(=O)CCC2CCNCC2)cc1Cl. The van der Waals surface area contributed by atoms with Gasteiger partial charge >= 0.3 is 0 Å². The molecule has 0 spiro atoms. The van der Waals surface area contributed by atoms with E-state index in [1.54, 1.807) is 12.1 Å². The Kier molecular flexibility index (Phi) is 7.65. The summed E-state index contributed by atoms with van der Waals surface area (Å²) < 4.78 is 0. The van der Waals surface area contributed by atoms with Crippen molar-refractivity contribution in [3.8, 4) is 0 Å². The van der Waals surface area contributed by atoms with Gasteiger partial charge in [-0.15, -0.1) is 12.4 Å². The van der Waals surface area contributed by atoms with Gasteiger partial charge in [-0.05, 0) is 56.5 Å². The number of carbonyl (C=O) groups excluding carboxylic acids is 2. The van der Waals surface area contributed by atoms with Gasteiger partial charge in [0.25, 0.3) is 0 Å². The van der Waals surface area contributed by atoms with Crippen molar-refractivity contribution >= 4 is 41.5 Å².